The first-order valence-corrected chi connectivity index (χ1v) is 6.14. The van der Waals surface area contributed by atoms with Crippen molar-refractivity contribution >= 4 is 6.09 Å². The first-order valence-electron chi connectivity index (χ1n) is 6.14. The molecule has 10 heteroatoms. The Bertz CT molecular complexity index is 778. The van der Waals surface area contributed by atoms with Crippen molar-refractivity contribution in [2.45, 2.75) is 6.42 Å². The topological polar surface area (TPSA) is 106 Å². The summed E-state index contributed by atoms with van der Waals surface area (Å²) in [6.07, 6.45) is -0.750. The lowest BCUT2D eigenvalue weighted by atomic mass is 10.3. The molecule has 1 aromatic carbocycles. The van der Waals surface area contributed by atoms with Crippen molar-refractivity contribution in [1.82, 2.24) is 24.9 Å². The van der Waals surface area contributed by atoms with Gasteiger partial charge in [-0.05, 0) is 33.5 Å². The molecular formula is C12H11FN6O3. The van der Waals surface area contributed by atoms with E-state index in [4.69, 9.17) is 10.1 Å². The minimum atomic E-state index is -0.872. The standard InChI is InChI=1S/C12H11FN6O3/c1-17(7-3-6-14)12(21)22-19-11(20)18(15-16-19)10-5-2-4-9(13)8-10/h2,4-5,8H,3,7H2,1H3. The molecule has 0 saturated carbocycles. The SMILES string of the molecule is CN(CCC#N)C(=O)On1nnn(-c2cccc(F)c2)c1=O. The Labute approximate surface area is 123 Å². The summed E-state index contributed by atoms with van der Waals surface area (Å²) in [6.45, 7) is 0.141. The lowest BCUT2D eigenvalue weighted by molar-refractivity contribution is 0.0796. The summed E-state index contributed by atoms with van der Waals surface area (Å²) in [5.74, 6) is -0.549. The number of hydrogen-bond donors (Lipinski definition) is 0. The summed E-state index contributed by atoms with van der Waals surface area (Å²) in [5.41, 5.74) is -0.724. The minimum absolute atomic E-state index is 0.122. The van der Waals surface area contributed by atoms with Crippen LogP contribution < -0.4 is 10.5 Å². The number of nitriles is 1. The van der Waals surface area contributed by atoms with E-state index in [1.54, 1.807) is 0 Å². The van der Waals surface area contributed by atoms with Crippen molar-refractivity contribution in [3.63, 3.8) is 0 Å². The van der Waals surface area contributed by atoms with E-state index in [1.165, 1.54) is 25.2 Å². The summed E-state index contributed by atoms with van der Waals surface area (Å²) in [6, 6.07) is 7.02. The Balaban J connectivity index is 2.17. The molecule has 1 heterocycles. The molecule has 0 spiro atoms. The maximum Gasteiger partial charge on any atom is 0.435 e. The number of carbonyl (C=O) groups excluding carboxylic acids is 1. The van der Waals surface area contributed by atoms with Gasteiger partial charge >= 0.3 is 11.8 Å². The molecule has 0 fully saturated rings. The second-order valence-corrected chi connectivity index (χ2v) is 4.21. The maximum absolute atomic E-state index is 13.1. The third-order valence-corrected chi connectivity index (χ3v) is 2.64. The van der Waals surface area contributed by atoms with Crippen LogP contribution in [0.15, 0.2) is 29.1 Å². The number of halogens is 1. The van der Waals surface area contributed by atoms with Gasteiger partial charge < -0.3 is 4.90 Å². The van der Waals surface area contributed by atoms with Crippen molar-refractivity contribution in [2.75, 3.05) is 13.6 Å². The summed E-state index contributed by atoms with van der Waals surface area (Å²) < 4.78 is 13.9. The predicted molar refractivity (Wildman–Crippen MR) is 70.4 cm³/mol. The van der Waals surface area contributed by atoms with Crippen molar-refractivity contribution in [3.05, 3.63) is 40.6 Å². The average Bonchev–Trinajstić information content (AvgIpc) is 2.86. The number of aromatic nitrogens is 4. The number of amides is 1. The second-order valence-electron chi connectivity index (χ2n) is 4.21. The van der Waals surface area contributed by atoms with E-state index in [0.717, 1.165) is 15.6 Å². The van der Waals surface area contributed by atoms with Crippen LogP contribution in [-0.2, 0) is 0 Å². The Morgan fingerprint density at radius 3 is 2.95 bits per heavy atom. The van der Waals surface area contributed by atoms with Crippen LogP contribution in [0.5, 0.6) is 0 Å². The summed E-state index contributed by atoms with van der Waals surface area (Å²) in [7, 11) is 1.40. The van der Waals surface area contributed by atoms with E-state index in [2.05, 4.69) is 10.4 Å². The normalized spacial score (nSPS) is 10.0. The van der Waals surface area contributed by atoms with Gasteiger partial charge in [0.25, 0.3) is 0 Å². The smallest absolute Gasteiger partial charge is 0.308 e. The highest BCUT2D eigenvalue weighted by Gasteiger charge is 2.16. The Morgan fingerprint density at radius 2 is 2.27 bits per heavy atom. The molecule has 0 aliphatic heterocycles. The van der Waals surface area contributed by atoms with Crippen molar-refractivity contribution < 1.29 is 14.0 Å². The molecule has 0 saturated heterocycles. The molecule has 1 aromatic heterocycles. The van der Waals surface area contributed by atoms with Gasteiger partial charge in [0.1, 0.15) is 5.82 Å². The van der Waals surface area contributed by atoms with Crippen molar-refractivity contribution in [3.8, 4) is 11.8 Å². The van der Waals surface area contributed by atoms with Gasteiger partial charge in [0.2, 0.25) is 0 Å². The number of hydrogen-bond acceptors (Lipinski definition) is 6. The molecule has 0 aliphatic carbocycles. The molecule has 1 amide bonds. The van der Waals surface area contributed by atoms with Crippen LogP contribution in [0.3, 0.4) is 0 Å². The largest absolute Gasteiger partial charge is 0.435 e. The molecule has 0 aliphatic rings. The lowest BCUT2D eigenvalue weighted by Crippen LogP contribution is -2.39. The van der Waals surface area contributed by atoms with Gasteiger partial charge in [-0.3, -0.25) is 4.84 Å². The van der Waals surface area contributed by atoms with Crippen molar-refractivity contribution in [1.29, 1.82) is 5.26 Å². The van der Waals surface area contributed by atoms with Crippen LogP contribution >= 0.6 is 0 Å². The van der Waals surface area contributed by atoms with Crippen LogP contribution in [0.4, 0.5) is 9.18 Å². The quantitative estimate of drug-likeness (QED) is 0.734. The monoisotopic (exact) mass is 306 g/mol. The van der Waals surface area contributed by atoms with Crippen LogP contribution in [0.25, 0.3) is 5.69 Å². The number of rotatable bonds is 4. The summed E-state index contributed by atoms with van der Waals surface area (Å²) in [4.78, 5) is 29.9. The minimum Gasteiger partial charge on any atom is -0.308 e. The van der Waals surface area contributed by atoms with Gasteiger partial charge in [0, 0.05) is 13.6 Å². The average molecular weight is 306 g/mol. The van der Waals surface area contributed by atoms with Gasteiger partial charge in [0.05, 0.1) is 18.2 Å². The third-order valence-electron chi connectivity index (χ3n) is 2.64. The predicted octanol–water partition coefficient (Wildman–Crippen LogP) is -0.0378. The molecule has 0 atom stereocenters. The van der Waals surface area contributed by atoms with Gasteiger partial charge in [-0.25, -0.2) is 14.0 Å². The third kappa shape index (κ3) is 3.26. The zero-order valence-corrected chi connectivity index (χ0v) is 11.5. The number of nitrogens with zero attached hydrogens (tertiary/aromatic N) is 6. The highest BCUT2D eigenvalue weighted by Crippen LogP contribution is 2.05. The van der Waals surface area contributed by atoms with Crippen molar-refractivity contribution in [2.24, 2.45) is 0 Å². The zero-order chi connectivity index (χ0) is 16.1. The fourth-order valence-corrected chi connectivity index (χ4v) is 1.51. The van der Waals surface area contributed by atoms with E-state index in [1.807, 2.05) is 6.07 Å². The number of tetrazole rings is 1. The Morgan fingerprint density at radius 1 is 1.50 bits per heavy atom. The van der Waals surface area contributed by atoms with E-state index in [9.17, 15) is 14.0 Å². The van der Waals surface area contributed by atoms with E-state index >= 15 is 0 Å². The molecular weight excluding hydrogens is 295 g/mol. The summed E-state index contributed by atoms with van der Waals surface area (Å²) >= 11 is 0. The highest BCUT2D eigenvalue weighted by atomic mass is 19.1. The first kappa shape index (κ1) is 15.2. The number of benzene rings is 1. The Kier molecular flexibility index (Phi) is 4.47. The van der Waals surface area contributed by atoms with Crippen LogP contribution in [-0.4, -0.2) is 44.5 Å². The van der Waals surface area contributed by atoms with E-state index in [0.29, 0.717) is 4.85 Å². The zero-order valence-electron chi connectivity index (χ0n) is 11.5. The summed E-state index contributed by atoms with van der Waals surface area (Å²) in [5, 5.41) is 15.3. The molecule has 22 heavy (non-hydrogen) atoms. The fraction of sp³-hybridized carbons (Fsp3) is 0.250. The van der Waals surface area contributed by atoms with Gasteiger partial charge in [-0.1, -0.05) is 6.07 Å². The molecule has 0 unspecified atom stereocenters. The van der Waals surface area contributed by atoms with Gasteiger partial charge in [-0.15, -0.1) is 0 Å². The van der Waals surface area contributed by atoms with Gasteiger partial charge in [0.15, 0.2) is 0 Å². The molecule has 0 bridgehead atoms. The fourth-order valence-electron chi connectivity index (χ4n) is 1.51. The molecule has 0 N–H and O–H groups in total. The molecule has 9 nitrogen and oxygen atoms in total. The first-order chi connectivity index (χ1) is 10.5. The maximum atomic E-state index is 13.1. The Hall–Kier alpha value is -3.22. The van der Waals surface area contributed by atoms with Crippen LogP contribution in [0.1, 0.15) is 6.42 Å². The van der Waals surface area contributed by atoms with E-state index < -0.39 is 17.6 Å². The second kappa shape index (κ2) is 6.49. The molecule has 2 rings (SSSR count). The van der Waals surface area contributed by atoms with E-state index in [-0.39, 0.29) is 18.7 Å². The molecule has 114 valence electrons. The molecule has 0 radical (unpaired) electrons. The number of carbonyl (C=O) groups is 1. The van der Waals surface area contributed by atoms with Crippen LogP contribution in [0.2, 0.25) is 0 Å². The lowest BCUT2D eigenvalue weighted by Gasteiger charge is -2.12. The highest BCUT2D eigenvalue weighted by molar-refractivity contribution is 5.67. The van der Waals surface area contributed by atoms with Crippen LogP contribution in [0, 0.1) is 17.1 Å². The van der Waals surface area contributed by atoms with Gasteiger partial charge in [-0.2, -0.15) is 9.94 Å². The molecule has 2 aromatic rings.